The topological polar surface area (TPSA) is 15.3 Å². The summed E-state index contributed by atoms with van der Waals surface area (Å²) in [6.45, 7) is 7.06. The van der Waals surface area contributed by atoms with Gasteiger partial charge in [-0.1, -0.05) is 39.5 Å². The molecule has 0 aromatic carbocycles. The summed E-state index contributed by atoms with van der Waals surface area (Å²) in [5.74, 6) is 0.795. The van der Waals surface area contributed by atoms with Gasteiger partial charge < -0.3 is 5.32 Å². The first-order chi connectivity index (χ1) is 8.56. The predicted octanol–water partition coefficient (Wildman–Crippen LogP) is 3.66. The first kappa shape index (κ1) is 16.0. The molecule has 108 valence electrons. The van der Waals surface area contributed by atoms with Gasteiger partial charge in [0.15, 0.2) is 0 Å². The fraction of sp³-hybridized carbons (Fsp3) is 1.00. The van der Waals surface area contributed by atoms with Crippen molar-refractivity contribution in [1.29, 1.82) is 0 Å². The highest BCUT2D eigenvalue weighted by Gasteiger charge is 2.27. The second-order valence-corrected chi connectivity index (χ2v) is 6.60. The molecular formula is C16H34N2. The van der Waals surface area contributed by atoms with Crippen LogP contribution in [0.1, 0.15) is 65.7 Å². The van der Waals surface area contributed by atoms with Gasteiger partial charge in [-0.15, -0.1) is 0 Å². The lowest BCUT2D eigenvalue weighted by Crippen LogP contribution is -2.51. The molecule has 18 heavy (non-hydrogen) atoms. The molecule has 1 fully saturated rings. The standard InChI is InChI=1S/C16H34N2/c1-13(2)12-14(3)18(5)16-11-9-7-6-8-10-15(16)17-4/h13-17H,6-12H2,1-5H3. The van der Waals surface area contributed by atoms with Crippen molar-refractivity contribution in [3.05, 3.63) is 0 Å². The van der Waals surface area contributed by atoms with Gasteiger partial charge in [0.1, 0.15) is 0 Å². The van der Waals surface area contributed by atoms with Gasteiger partial charge in [0.05, 0.1) is 0 Å². The van der Waals surface area contributed by atoms with Crippen molar-refractivity contribution in [3.8, 4) is 0 Å². The van der Waals surface area contributed by atoms with Crippen LogP contribution in [0.2, 0.25) is 0 Å². The smallest absolute Gasteiger partial charge is 0.0248 e. The van der Waals surface area contributed by atoms with E-state index in [1.54, 1.807) is 0 Å². The third-order valence-corrected chi connectivity index (χ3v) is 4.63. The van der Waals surface area contributed by atoms with Crippen LogP contribution in [0.15, 0.2) is 0 Å². The number of nitrogens with one attached hydrogen (secondary N) is 1. The molecule has 2 heteroatoms. The molecule has 0 saturated heterocycles. The molecule has 0 aromatic rings. The van der Waals surface area contributed by atoms with Gasteiger partial charge in [-0.3, -0.25) is 4.90 Å². The lowest BCUT2D eigenvalue weighted by Gasteiger charge is -2.40. The molecular weight excluding hydrogens is 220 g/mol. The molecule has 0 aliphatic heterocycles. The van der Waals surface area contributed by atoms with E-state index >= 15 is 0 Å². The van der Waals surface area contributed by atoms with Crippen molar-refractivity contribution >= 4 is 0 Å². The lowest BCUT2D eigenvalue weighted by atomic mass is 9.90. The van der Waals surface area contributed by atoms with E-state index < -0.39 is 0 Å². The van der Waals surface area contributed by atoms with Gasteiger partial charge >= 0.3 is 0 Å². The van der Waals surface area contributed by atoms with Gasteiger partial charge in [0.25, 0.3) is 0 Å². The summed E-state index contributed by atoms with van der Waals surface area (Å²) >= 11 is 0. The Morgan fingerprint density at radius 2 is 1.67 bits per heavy atom. The summed E-state index contributed by atoms with van der Waals surface area (Å²) < 4.78 is 0. The molecule has 1 N–H and O–H groups in total. The number of rotatable bonds is 5. The summed E-state index contributed by atoms with van der Waals surface area (Å²) in [6.07, 6.45) is 9.68. The largest absolute Gasteiger partial charge is 0.315 e. The summed E-state index contributed by atoms with van der Waals surface area (Å²) in [5.41, 5.74) is 0. The molecule has 1 aliphatic rings. The quantitative estimate of drug-likeness (QED) is 0.805. The Morgan fingerprint density at radius 3 is 2.22 bits per heavy atom. The van der Waals surface area contributed by atoms with Crippen LogP contribution in [0.3, 0.4) is 0 Å². The van der Waals surface area contributed by atoms with Crippen molar-refractivity contribution in [2.75, 3.05) is 14.1 Å². The molecule has 0 aromatic heterocycles. The minimum absolute atomic E-state index is 0.685. The fourth-order valence-electron chi connectivity index (χ4n) is 3.46. The van der Waals surface area contributed by atoms with Crippen molar-refractivity contribution in [2.24, 2.45) is 5.92 Å². The Morgan fingerprint density at radius 1 is 1.06 bits per heavy atom. The maximum absolute atomic E-state index is 3.57. The van der Waals surface area contributed by atoms with Crippen LogP contribution in [-0.2, 0) is 0 Å². The zero-order chi connectivity index (χ0) is 13.5. The first-order valence-corrected chi connectivity index (χ1v) is 7.95. The van der Waals surface area contributed by atoms with E-state index in [1.165, 1.54) is 44.9 Å². The third-order valence-electron chi connectivity index (χ3n) is 4.63. The minimum Gasteiger partial charge on any atom is -0.315 e. The van der Waals surface area contributed by atoms with E-state index in [0.29, 0.717) is 12.1 Å². The molecule has 0 amide bonds. The van der Waals surface area contributed by atoms with E-state index in [0.717, 1.165) is 12.0 Å². The highest BCUT2D eigenvalue weighted by Crippen LogP contribution is 2.24. The molecule has 0 spiro atoms. The average Bonchev–Trinajstić information content (AvgIpc) is 2.27. The van der Waals surface area contributed by atoms with Crippen LogP contribution in [0.25, 0.3) is 0 Å². The van der Waals surface area contributed by atoms with Crippen molar-refractivity contribution in [1.82, 2.24) is 10.2 Å². The van der Waals surface area contributed by atoms with Crippen LogP contribution in [0.4, 0.5) is 0 Å². The summed E-state index contributed by atoms with van der Waals surface area (Å²) in [5, 5.41) is 3.57. The summed E-state index contributed by atoms with van der Waals surface area (Å²) in [7, 11) is 4.48. The number of hydrogen-bond donors (Lipinski definition) is 1. The Labute approximate surface area is 115 Å². The molecule has 3 atom stereocenters. The second kappa shape index (κ2) is 8.16. The lowest BCUT2D eigenvalue weighted by molar-refractivity contribution is 0.115. The predicted molar refractivity (Wildman–Crippen MR) is 81.0 cm³/mol. The van der Waals surface area contributed by atoms with E-state index in [4.69, 9.17) is 0 Å². The molecule has 0 bridgehead atoms. The van der Waals surface area contributed by atoms with Gasteiger partial charge in [0.2, 0.25) is 0 Å². The summed E-state index contributed by atoms with van der Waals surface area (Å²) in [4.78, 5) is 2.65. The minimum atomic E-state index is 0.685. The Kier molecular flexibility index (Phi) is 7.25. The van der Waals surface area contributed by atoms with Gasteiger partial charge in [-0.2, -0.15) is 0 Å². The number of nitrogens with zero attached hydrogens (tertiary/aromatic N) is 1. The van der Waals surface area contributed by atoms with Gasteiger partial charge in [-0.05, 0) is 46.2 Å². The van der Waals surface area contributed by atoms with Gasteiger partial charge in [0, 0.05) is 18.1 Å². The number of hydrogen-bond acceptors (Lipinski definition) is 2. The van der Waals surface area contributed by atoms with E-state index in [2.05, 4.69) is 45.1 Å². The normalized spacial score (nSPS) is 28.2. The maximum atomic E-state index is 3.57. The van der Waals surface area contributed by atoms with Crippen LogP contribution < -0.4 is 5.32 Å². The number of likely N-dealkylation sites (N-methyl/N-ethyl adjacent to an activating group) is 2. The highest BCUT2D eigenvalue weighted by atomic mass is 15.2. The van der Waals surface area contributed by atoms with Crippen LogP contribution >= 0.6 is 0 Å². The van der Waals surface area contributed by atoms with Crippen molar-refractivity contribution in [3.63, 3.8) is 0 Å². The highest BCUT2D eigenvalue weighted by molar-refractivity contribution is 4.86. The van der Waals surface area contributed by atoms with Crippen molar-refractivity contribution < 1.29 is 0 Å². The van der Waals surface area contributed by atoms with E-state index in [-0.39, 0.29) is 0 Å². The zero-order valence-electron chi connectivity index (χ0n) is 13.2. The molecule has 0 radical (unpaired) electrons. The average molecular weight is 254 g/mol. The van der Waals surface area contributed by atoms with Crippen LogP contribution in [-0.4, -0.2) is 37.1 Å². The van der Waals surface area contributed by atoms with Crippen LogP contribution in [0, 0.1) is 5.92 Å². The molecule has 2 nitrogen and oxygen atoms in total. The maximum Gasteiger partial charge on any atom is 0.0248 e. The Bertz CT molecular complexity index is 215. The van der Waals surface area contributed by atoms with Crippen LogP contribution in [0.5, 0.6) is 0 Å². The SMILES string of the molecule is CNC1CCCCCCC1N(C)C(C)CC(C)C. The monoisotopic (exact) mass is 254 g/mol. The second-order valence-electron chi connectivity index (χ2n) is 6.60. The Balaban J connectivity index is 2.61. The molecule has 1 rings (SSSR count). The van der Waals surface area contributed by atoms with E-state index in [1.807, 2.05) is 0 Å². The van der Waals surface area contributed by atoms with Gasteiger partial charge in [-0.25, -0.2) is 0 Å². The molecule has 1 aliphatic carbocycles. The fourth-order valence-corrected chi connectivity index (χ4v) is 3.46. The van der Waals surface area contributed by atoms with E-state index in [9.17, 15) is 0 Å². The zero-order valence-corrected chi connectivity index (χ0v) is 13.2. The molecule has 3 unspecified atom stereocenters. The third kappa shape index (κ3) is 4.89. The Hall–Kier alpha value is -0.0800. The summed E-state index contributed by atoms with van der Waals surface area (Å²) in [6, 6.07) is 2.11. The molecule has 1 saturated carbocycles. The van der Waals surface area contributed by atoms with Crippen molar-refractivity contribution in [2.45, 2.75) is 83.8 Å². The first-order valence-electron chi connectivity index (χ1n) is 7.95. The molecule has 0 heterocycles.